The second kappa shape index (κ2) is 6.90. The van der Waals surface area contributed by atoms with Crippen molar-refractivity contribution in [1.82, 2.24) is 5.32 Å². The third kappa shape index (κ3) is 3.87. The molecule has 1 atom stereocenters. The van der Waals surface area contributed by atoms with Crippen LogP contribution in [0.4, 0.5) is 0 Å². The summed E-state index contributed by atoms with van der Waals surface area (Å²) in [5.74, 6) is 6.01. The lowest BCUT2D eigenvalue weighted by atomic mass is 10.1. The average Bonchev–Trinajstić information content (AvgIpc) is 2.64. The first-order chi connectivity index (χ1) is 7.29. The zero-order chi connectivity index (χ0) is 11.1. The summed E-state index contributed by atoms with van der Waals surface area (Å²) < 4.78 is 0. The van der Waals surface area contributed by atoms with Crippen LogP contribution in [0, 0.1) is 11.8 Å². The molecule has 1 aromatic heterocycles. The van der Waals surface area contributed by atoms with E-state index >= 15 is 0 Å². The molecule has 0 spiro atoms. The number of hydrogen-bond donors (Lipinski definition) is 1. The van der Waals surface area contributed by atoms with Crippen LogP contribution in [0.2, 0.25) is 5.02 Å². The van der Waals surface area contributed by atoms with E-state index in [4.69, 9.17) is 11.6 Å². The zero-order valence-corrected chi connectivity index (χ0v) is 10.7. The van der Waals surface area contributed by atoms with E-state index in [-0.39, 0.29) is 0 Å². The van der Waals surface area contributed by atoms with Crippen molar-refractivity contribution in [2.45, 2.75) is 32.7 Å². The maximum Gasteiger partial charge on any atom is 0.0561 e. The van der Waals surface area contributed by atoms with Crippen molar-refractivity contribution in [3.8, 4) is 11.8 Å². The van der Waals surface area contributed by atoms with Crippen molar-refractivity contribution in [3.63, 3.8) is 0 Å². The number of nitrogens with one attached hydrogen (secondary N) is 1. The molecular formula is C12H16ClNS. The molecule has 0 saturated heterocycles. The Hall–Kier alpha value is -0.490. The number of hydrogen-bond acceptors (Lipinski definition) is 2. The molecule has 0 aliphatic carbocycles. The molecule has 82 valence electrons. The SMILES string of the molecule is CC#CCCC(NCC)c1sccc1Cl. The minimum Gasteiger partial charge on any atom is -0.309 e. The molecule has 1 heterocycles. The lowest BCUT2D eigenvalue weighted by Gasteiger charge is -2.15. The predicted octanol–water partition coefficient (Wildman–Crippen LogP) is 3.86. The summed E-state index contributed by atoms with van der Waals surface area (Å²) in [6.45, 7) is 4.94. The third-order valence-corrected chi connectivity index (χ3v) is 3.62. The van der Waals surface area contributed by atoms with Crippen LogP contribution in [0.25, 0.3) is 0 Å². The van der Waals surface area contributed by atoms with E-state index in [0.29, 0.717) is 6.04 Å². The second-order valence-corrected chi connectivity index (χ2v) is 4.56. The Morgan fingerprint density at radius 3 is 2.93 bits per heavy atom. The second-order valence-electron chi connectivity index (χ2n) is 3.21. The highest BCUT2D eigenvalue weighted by atomic mass is 35.5. The molecule has 1 N–H and O–H groups in total. The molecule has 1 aromatic rings. The molecular weight excluding hydrogens is 226 g/mol. The molecule has 1 rings (SSSR count). The van der Waals surface area contributed by atoms with Crippen LogP contribution in [0.5, 0.6) is 0 Å². The largest absolute Gasteiger partial charge is 0.309 e. The molecule has 0 aliphatic heterocycles. The lowest BCUT2D eigenvalue weighted by Crippen LogP contribution is -2.20. The highest BCUT2D eigenvalue weighted by Gasteiger charge is 2.14. The van der Waals surface area contributed by atoms with Gasteiger partial charge in [0, 0.05) is 17.3 Å². The van der Waals surface area contributed by atoms with Gasteiger partial charge in [0.05, 0.1) is 5.02 Å². The Labute approximate surface area is 101 Å². The van der Waals surface area contributed by atoms with E-state index in [1.54, 1.807) is 11.3 Å². The first-order valence-electron chi connectivity index (χ1n) is 5.15. The van der Waals surface area contributed by atoms with E-state index in [1.165, 1.54) is 4.88 Å². The quantitative estimate of drug-likeness (QED) is 0.772. The van der Waals surface area contributed by atoms with Gasteiger partial charge < -0.3 is 5.32 Å². The van der Waals surface area contributed by atoms with Crippen LogP contribution >= 0.6 is 22.9 Å². The molecule has 0 aliphatic rings. The van der Waals surface area contributed by atoms with Gasteiger partial charge in [-0.3, -0.25) is 0 Å². The molecule has 0 saturated carbocycles. The number of rotatable bonds is 5. The molecule has 0 amide bonds. The topological polar surface area (TPSA) is 12.0 Å². The van der Waals surface area contributed by atoms with Crippen LogP contribution in [0.1, 0.15) is 37.6 Å². The first-order valence-corrected chi connectivity index (χ1v) is 6.41. The standard InChI is InChI=1S/C12H16ClNS/c1-3-5-6-7-11(14-4-2)12-10(13)8-9-15-12/h8-9,11,14H,4,6-7H2,1-2H3. The molecule has 15 heavy (non-hydrogen) atoms. The Morgan fingerprint density at radius 1 is 1.60 bits per heavy atom. The van der Waals surface area contributed by atoms with Gasteiger partial charge in [0.2, 0.25) is 0 Å². The van der Waals surface area contributed by atoms with Gasteiger partial charge in [0.15, 0.2) is 0 Å². The van der Waals surface area contributed by atoms with Crippen LogP contribution in [0.15, 0.2) is 11.4 Å². The summed E-state index contributed by atoms with van der Waals surface area (Å²) in [6.07, 6.45) is 1.94. The minimum absolute atomic E-state index is 0.350. The smallest absolute Gasteiger partial charge is 0.0561 e. The van der Waals surface area contributed by atoms with Crippen LogP contribution < -0.4 is 5.32 Å². The highest BCUT2D eigenvalue weighted by molar-refractivity contribution is 7.10. The van der Waals surface area contributed by atoms with E-state index in [2.05, 4.69) is 24.1 Å². The normalized spacial score (nSPS) is 11.9. The van der Waals surface area contributed by atoms with Gasteiger partial charge in [-0.05, 0) is 31.3 Å². The van der Waals surface area contributed by atoms with Crippen molar-refractivity contribution < 1.29 is 0 Å². The number of thiophene rings is 1. The summed E-state index contributed by atoms with van der Waals surface area (Å²) in [7, 11) is 0. The molecule has 1 nitrogen and oxygen atoms in total. The zero-order valence-electron chi connectivity index (χ0n) is 9.14. The Morgan fingerprint density at radius 2 is 2.40 bits per heavy atom. The van der Waals surface area contributed by atoms with Gasteiger partial charge in [-0.2, -0.15) is 0 Å². The highest BCUT2D eigenvalue weighted by Crippen LogP contribution is 2.30. The van der Waals surface area contributed by atoms with E-state index in [1.807, 2.05) is 18.4 Å². The average molecular weight is 242 g/mol. The van der Waals surface area contributed by atoms with Gasteiger partial charge >= 0.3 is 0 Å². The van der Waals surface area contributed by atoms with Crippen molar-refractivity contribution >= 4 is 22.9 Å². The van der Waals surface area contributed by atoms with Crippen molar-refractivity contribution in [3.05, 3.63) is 21.3 Å². The summed E-state index contributed by atoms with van der Waals surface area (Å²) in [6, 6.07) is 2.31. The van der Waals surface area contributed by atoms with Crippen molar-refractivity contribution in [2.24, 2.45) is 0 Å². The fraction of sp³-hybridized carbons (Fsp3) is 0.500. The monoisotopic (exact) mass is 241 g/mol. The maximum atomic E-state index is 6.12. The molecule has 1 unspecified atom stereocenters. The van der Waals surface area contributed by atoms with E-state index in [0.717, 1.165) is 24.4 Å². The van der Waals surface area contributed by atoms with Crippen molar-refractivity contribution in [2.75, 3.05) is 6.54 Å². The maximum absolute atomic E-state index is 6.12. The van der Waals surface area contributed by atoms with E-state index in [9.17, 15) is 0 Å². The van der Waals surface area contributed by atoms with Crippen LogP contribution in [-0.4, -0.2) is 6.54 Å². The Balaban J connectivity index is 2.64. The lowest BCUT2D eigenvalue weighted by molar-refractivity contribution is 0.530. The van der Waals surface area contributed by atoms with Gasteiger partial charge in [-0.25, -0.2) is 0 Å². The molecule has 0 fully saturated rings. The minimum atomic E-state index is 0.350. The van der Waals surface area contributed by atoms with Gasteiger partial charge in [-0.15, -0.1) is 23.2 Å². The van der Waals surface area contributed by atoms with Crippen LogP contribution in [0.3, 0.4) is 0 Å². The van der Waals surface area contributed by atoms with Gasteiger partial charge in [0.1, 0.15) is 0 Å². The summed E-state index contributed by atoms with van der Waals surface area (Å²) >= 11 is 7.83. The molecule has 0 radical (unpaired) electrons. The molecule has 0 aromatic carbocycles. The first kappa shape index (κ1) is 12.6. The Bertz CT molecular complexity index is 348. The predicted molar refractivity (Wildman–Crippen MR) is 68.4 cm³/mol. The fourth-order valence-electron chi connectivity index (χ4n) is 1.47. The molecule has 3 heteroatoms. The fourth-order valence-corrected chi connectivity index (χ4v) is 2.77. The van der Waals surface area contributed by atoms with Crippen molar-refractivity contribution in [1.29, 1.82) is 0 Å². The number of halogens is 1. The van der Waals surface area contributed by atoms with Gasteiger partial charge in [0.25, 0.3) is 0 Å². The third-order valence-electron chi connectivity index (χ3n) is 2.15. The van der Waals surface area contributed by atoms with Crippen LogP contribution in [-0.2, 0) is 0 Å². The van der Waals surface area contributed by atoms with Gasteiger partial charge in [-0.1, -0.05) is 18.5 Å². The summed E-state index contributed by atoms with van der Waals surface area (Å²) in [4.78, 5) is 1.23. The summed E-state index contributed by atoms with van der Waals surface area (Å²) in [5, 5.41) is 6.35. The van der Waals surface area contributed by atoms with E-state index < -0.39 is 0 Å². The summed E-state index contributed by atoms with van der Waals surface area (Å²) in [5.41, 5.74) is 0. The molecule has 0 bridgehead atoms. The Kier molecular flexibility index (Phi) is 5.78.